The van der Waals surface area contributed by atoms with Gasteiger partial charge in [0.25, 0.3) is 0 Å². The van der Waals surface area contributed by atoms with Gasteiger partial charge in [-0.15, -0.1) is 0 Å². The molecule has 6 nitrogen and oxygen atoms in total. The molecule has 1 rings (SSSR count). The van der Waals surface area contributed by atoms with E-state index in [0.717, 1.165) is 0 Å². The molecule has 9 heteroatoms. The predicted molar refractivity (Wildman–Crippen MR) is 59.1 cm³/mol. The maximum Gasteiger partial charge on any atom is 0.243 e. The van der Waals surface area contributed by atoms with Crippen molar-refractivity contribution in [2.45, 2.75) is 10.9 Å². The van der Waals surface area contributed by atoms with E-state index in [4.69, 9.17) is 15.9 Å². The highest BCUT2D eigenvalue weighted by molar-refractivity contribution is 7.89. The van der Waals surface area contributed by atoms with Crippen molar-refractivity contribution in [1.82, 2.24) is 4.72 Å². The third kappa shape index (κ3) is 3.13. The molecular formula is C9H12F2N2O4S. The van der Waals surface area contributed by atoms with Gasteiger partial charge in [-0.05, 0) is 6.07 Å². The van der Waals surface area contributed by atoms with Crippen molar-refractivity contribution in [2.75, 3.05) is 18.9 Å². The van der Waals surface area contributed by atoms with Crippen LogP contribution < -0.4 is 10.5 Å². The van der Waals surface area contributed by atoms with Crippen molar-refractivity contribution < 1.29 is 27.4 Å². The molecule has 0 amide bonds. The van der Waals surface area contributed by atoms with Crippen LogP contribution in [0.3, 0.4) is 0 Å². The second kappa shape index (κ2) is 5.57. The van der Waals surface area contributed by atoms with Gasteiger partial charge >= 0.3 is 0 Å². The van der Waals surface area contributed by atoms with Crippen molar-refractivity contribution in [2.24, 2.45) is 0 Å². The zero-order valence-electron chi connectivity index (χ0n) is 9.10. The van der Waals surface area contributed by atoms with Crippen LogP contribution in [0, 0.1) is 11.6 Å². The van der Waals surface area contributed by atoms with E-state index in [1.165, 1.54) is 0 Å². The average molecular weight is 282 g/mol. The Morgan fingerprint density at radius 2 is 1.78 bits per heavy atom. The van der Waals surface area contributed by atoms with Crippen LogP contribution in [-0.2, 0) is 10.0 Å². The summed E-state index contributed by atoms with van der Waals surface area (Å²) in [5.74, 6) is -2.39. The first-order valence-electron chi connectivity index (χ1n) is 4.80. The molecule has 0 aliphatic rings. The minimum atomic E-state index is -4.35. The smallest absolute Gasteiger partial charge is 0.243 e. The number of benzene rings is 1. The van der Waals surface area contributed by atoms with Gasteiger partial charge in [-0.25, -0.2) is 21.9 Å². The van der Waals surface area contributed by atoms with E-state index in [2.05, 4.69) is 0 Å². The van der Waals surface area contributed by atoms with Crippen molar-refractivity contribution >= 4 is 15.7 Å². The van der Waals surface area contributed by atoms with Gasteiger partial charge in [-0.3, -0.25) is 0 Å². The Labute approximate surface area is 102 Å². The highest BCUT2D eigenvalue weighted by atomic mass is 32.2. The number of nitrogens with two attached hydrogens (primary N) is 1. The SMILES string of the molecule is Nc1cc(S(=O)(=O)NC(CO)CO)c(F)cc1F. The maximum absolute atomic E-state index is 13.3. The fraction of sp³-hybridized carbons (Fsp3) is 0.333. The fourth-order valence-corrected chi connectivity index (χ4v) is 2.48. The molecule has 0 bridgehead atoms. The second-order valence-corrected chi connectivity index (χ2v) is 5.17. The number of rotatable bonds is 5. The lowest BCUT2D eigenvalue weighted by atomic mass is 10.3. The number of hydrogen-bond donors (Lipinski definition) is 4. The minimum Gasteiger partial charge on any atom is -0.396 e. The molecular weight excluding hydrogens is 270 g/mol. The molecule has 5 N–H and O–H groups in total. The van der Waals surface area contributed by atoms with Crippen LogP contribution in [0.4, 0.5) is 14.5 Å². The first-order chi connectivity index (χ1) is 8.31. The van der Waals surface area contributed by atoms with Crippen LogP contribution >= 0.6 is 0 Å². The lowest BCUT2D eigenvalue weighted by molar-refractivity contribution is 0.185. The molecule has 0 atom stereocenters. The molecule has 102 valence electrons. The first kappa shape index (κ1) is 14.8. The van der Waals surface area contributed by atoms with E-state index in [1.54, 1.807) is 0 Å². The van der Waals surface area contributed by atoms with Crippen molar-refractivity contribution in [3.05, 3.63) is 23.8 Å². The third-order valence-corrected chi connectivity index (χ3v) is 3.64. The van der Waals surface area contributed by atoms with E-state index in [1.807, 2.05) is 4.72 Å². The average Bonchev–Trinajstić information content (AvgIpc) is 2.30. The molecule has 0 saturated heterocycles. The number of nitrogen functional groups attached to an aromatic ring is 1. The fourth-order valence-electron chi connectivity index (χ4n) is 1.17. The van der Waals surface area contributed by atoms with E-state index in [9.17, 15) is 17.2 Å². The summed E-state index contributed by atoms with van der Waals surface area (Å²) in [6, 6.07) is -0.212. The molecule has 0 spiro atoms. The van der Waals surface area contributed by atoms with Gasteiger partial charge in [0.15, 0.2) is 0 Å². The van der Waals surface area contributed by atoms with Gasteiger partial charge in [-0.2, -0.15) is 0 Å². The zero-order valence-corrected chi connectivity index (χ0v) is 9.92. The van der Waals surface area contributed by atoms with E-state index < -0.39 is 51.5 Å². The second-order valence-electron chi connectivity index (χ2n) is 3.49. The van der Waals surface area contributed by atoms with E-state index in [-0.39, 0.29) is 0 Å². The first-order valence-corrected chi connectivity index (χ1v) is 6.28. The quantitative estimate of drug-likeness (QED) is 0.527. The highest BCUT2D eigenvalue weighted by Crippen LogP contribution is 2.20. The van der Waals surface area contributed by atoms with Crippen molar-refractivity contribution in [3.8, 4) is 0 Å². The number of anilines is 1. The third-order valence-electron chi connectivity index (χ3n) is 2.10. The monoisotopic (exact) mass is 282 g/mol. The summed E-state index contributed by atoms with van der Waals surface area (Å²) >= 11 is 0. The summed E-state index contributed by atoms with van der Waals surface area (Å²) in [5.41, 5.74) is 4.62. The number of aliphatic hydroxyl groups is 2. The molecule has 0 aromatic heterocycles. The number of nitrogens with one attached hydrogen (secondary N) is 1. The predicted octanol–water partition coefficient (Wildman–Crippen LogP) is -0.822. The summed E-state index contributed by atoms with van der Waals surface area (Å²) in [5, 5.41) is 17.5. The minimum absolute atomic E-state index is 0.344. The number of hydrogen-bond acceptors (Lipinski definition) is 5. The van der Waals surface area contributed by atoms with Crippen molar-refractivity contribution in [3.63, 3.8) is 0 Å². The molecule has 1 aromatic carbocycles. The number of aliphatic hydroxyl groups excluding tert-OH is 2. The summed E-state index contributed by atoms with van der Waals surface area (Å²) in [7, 11) is -4.35. The molecule has 1 aromatic rings. The van der Waals surface area contributed by atoms with Gasteiger partial charge in [0.05, 0.1) is 24.9 Å². The molecule has 0 aliphatic carbocycles. The van der Waals surface area contributed by atoms with Crippen LogP contribution in [0.5, 0.6) is 0 Å². The lowest BCUT2D eigenvalue weighted by Crippen LogP contribution is -2.40. The van der Waals surface area contributed by atoms with E-state index >= 15 is 0 Å². The van der Waals surface area contributed by atoms with Gasteiger partial charge < -0.3 is 15.9 Å². The van der Waals surface area contributed by atoms with Gasteiger partial charge in [0, 0.05) is 6.07 Å². The maximum atomic E-state index is 13.3. The van der Waals surface area contributed by atoms with Gasteiger partial charge in [0.1, 0.15) is 16.5 Å². The molecule has 0 heterocycles. The highest BCUT2D eigenvalue weighted by Gasteiger charge is 2.24. The molecule has 0 saturated carbocycles. The molecule has 0 unspecified atom stereocenters. The topological polar surface area (TPSA) is 113 Å². The Morgan fingerprint density at radius 1 is 1.22 bits per heavy atom. The van der Waals surface area contributed by atoms with Gasteiger partial charge in [0.2, 0.25) is 10.0 Å². The van der Waals surface area contributed by atoms with Gasteiger partial charge in [-0.1, -0.05) is 0 Å². The Kier molecular flexibility index (Phi) is 4.57. The molecule has 0 fully saturated rings. The largest absolute Gasteiger partial charge is 0.396 e. The van der Waals surface area contributed by atoms with Crippen molar-refractivity contribution in [1.29, 1.82) is 0 Å². The molecule has 0 aliphatic heterocycles. The number of halogens is 2. The normalized spacial score (nSPS) is 12.1. The molecule has 0 radical (unpaired) electrons. The van der Waals surface area contributed by atoms with E-state index in [0.29, 0.717) is 12.1 Å². The Balaban J connectivity index is 3.16. The van der Waals surface area contributed by atoms with Crippen LogP contribution in [-0.4, -0.2) is 37.9 Å². The molecule has 18 heavy (non-hydrogen) atoms. The summed E-state index contributed by atoms with van der Waals surface area (Å²) in [6.07, 6.45) is 0. The van der Waals surface area contributed by atoms with Crippen LogP contribution in [0.2, 0.25) is 0 Å². The lowest BCUT2D eigenvalue weighted by Gasteiger charge is -2.14. The Hall–Kier alpha value is -1.29. The Morgan fingerprint density at radius 3 is 2.28 bits per heavy atom. The Bertz CT molecular complexity index is 532. The van der Waals surface area contributed by atoms with Crippen LogP contribution in [0.15, 0.2) is 17.0 Å². The summed E-state index contributed by atoms with van der Waals surface area (Å²) < 4.78 is 51.5. The summed E-state index contributed by atoms with van der Waals surface area (Å²) in [6.45, 7) is -1.35. The zero-order chi connectivity index (χ0) is 13.9. The van der Waals surface area contributed by atoms with Crippen LogP contribution in [0.25, 0.3) is 0 Å². The summed E-state index contributed by atoms with van der Waals surface area (Å²) in [4.78, 5) is -0.853. The van der Waals surface area contributed by atoms with Crippen LogP contribution in [0.1, 0.15) is 0 Å². The number of sulfonamides is 1. The standard InChI is InChI=1S/C9H12F2N2O4S/c10-6-1-7(11)9(2-8(6)12)18(16,17)13-5(3-14)4-15/h1-2,5,13-15H,3-4,12H2.